The zero-order valence-electron chi connectivity index (χ0n) is 19.0. The number of hydrogen-bond acceptors (Lipinski definition) is 7. The molecule has 3 heterocycles. The van der Waals surface area contributed by atoms with Crippen LogP contribution >= 0.6 is 11.9 Å². The van der Waals surface area contributed by atoms with Crippen LogP contribution in [-0.4, -0.2) is 35.0 Å². The standard InChI is InChI=1S/C26H28N6OS/c1-32-14-11-18(12-15-32)17-6-8-20(9-7-17)29-25-24-19(10-13-28-26(24)33)16-23(31-25)30-21-4-2-3-5-22(21)34-27/h2-10,13,16,18H,11-12,14-15,27H2,1H3,(H,28,33)(H2,29,30,31). The van der Waals surface area contributed by atoms with Crippen LogP contribution in [0.25, 0.3) is 10.8 Å². The van der Waals surface area contributed by atoms with Crippen LogP contribution in [0.5, 0.6) is 0 Å². The van der Waals surface area contributed by atoms with Crippen LogP contribution in [0, 0.1) is 0 Å². The van der Waals surface area contributed by atoms with E-state index >= 15 is 0 Å². The third-order valence-electron chi connectivity index (χ3n) is 6.39. The Bertz CT molecular complexity index is 1350. The Hall–Kier alpha value is -3.33. The lowest BCUT2D eigenvalue weighted by atomic mass is 9.89. The number of aromatic nitrogens is 2. The molecule has 2 aromatic heterocycles. The average molecular weight is 473 g/mol. The van der Waals surface area contributed by atoms with Gasteiger partial charge in [0.1, 0.15) is 11.6 Å². The summed E-state index contributed by atoms with van der Waals surface area (Å²) in [5.74, 6) is 1.73. The number of rotatable bonds is 6. The summed E-state index contributed by atoms with van der Waals surface area (Å²) < 4.78 is 0. The Labute approximate surface area is 202 Å². The number of nitrogens with one attached hydrogen (secondary N) is 3. The number of hydrogen-bond donors (Lipinski definition) is 4. The lowest BCUT2D eigenvalue weighted by Gasteiger charge is -2.29. The van der Waals surface area contributed by atoms with Crippen molar-refractivity contribution in [3.63, 3.8) is 0 Å². The molecule has 0 bridgehead atoms. The fourth-order valence-electron chi connectivity index (χ4n) is 4.50. The molecule has 7 nitrogen and oxygen atoms in total. The summed E-state index contributed by atoms with van der Waals surface area (Å²) in [6, 6.07) is 20.0. The van der Waals surface area contributed by atoms with E-state index in [9.17, 15) is 4.79 Å². The number of pyridine rings is 2. The number of aromatic amines is 1. The van der Waals surface area contributed by atoms with E-state index in [0.29, 0.717) is 22.9 Å². The Morgan fingerprint density at radius 3 is 2.59 bits per heavy atom. The molecule has 0 atom stereocenters. The van der Waals surface area contributed by atoms with Gasteiger partial charge in [0.25, 0.3) is 5.56 Å². The highest BCUT2D eigenvalue weighted by Gasteiger charge is 2.18. The Kier molecular flexibility index (Phi) is 6.53. The van der Waals surface area contributed by atoms with E-state index in [1.54, 1.807) is 6.20 Å². The molecule has 1 aliphatic heterocycles. The molecule has 0 radical (unpaired) electrons. The van der Waals surface area contributed by atoms with Crippen molar-refractivity contribution >= 4 is 45.7 Å². The first kappa shape index (κ1) is 22.5. The molecule has 0 saturated carbocycles. The molecule has 1 aliphatic rings. The fourth-order valence-corrected chi connectivity index (χ4v) is 4.90. The number of H-pyrrole nitrogens is 1. The Morgan fingerprint density at radius 1 is 1.06 bits per heavy atom. The monoisotopic (exact) mass is 472 g/mol. The highest BCUT2D eigenvalue weighted by Crippen LogP contribution is 2.31. The molecule has 174 valence electrons. The molecule has 8 heteroatoms. The van der Waals surface area contributed by atoms with E-state index in [2.05, 4.69) is 51.8 Å². The van der Waals surface area contributed by atoms with Crippen molar-refractivity contribution < 1.29 is 0 Å². The van der Waals surface area contributed by atoms with Gasteiger partial charge in [-0.2, -0.15) is 0 Å². The average Bonchev–Trinajstić information content (AvgIpc) is 2.85. The van der Waals surface area contributed by atoms with E-state index in [4.69, 9.17) is 10.1 Å². The van der Waals surface area contributed by atoms with Crippen LogP contribution in [-0.2, 0) is 0 Å². The van der Waals surface area contributed by atoms with Gasteiger partial charge in [-0.25, -0.2) is 4.98 Å². The maximum atomic E-state index is 12.7. The maximum Gasteiger partial charge on any atom is 0.259 e. The summed E-state index contributed by atoms with van der Waals surface area (Å²) in [5.41, 5.74) is 2.93. The molecular formula is C26H28N6OS. The molecular weight excluding hydrogens is 444 g/mol. The van der Waals surface area contributed by atoms with Gasteiger partial charge in [-0.3, -0.25) is 9.93 Å². The molecule has 0 spiro atoms. The second kappa shape index (κ2) is 9.89. The highest BCUT2D eigenvalue weighted by molar-refractivity contribution is 7.97. The van der Waals surface area contributed by atoms with Crippen LogP contribution in [0.3, 0.4) is 0 Å². The summed E-state index contributed by atoms with van der Waals surface area (Å²) in [6.45, 7) is 2.27. The number of nitrogens with two attached hydrogens (primary N) is 1. The zero-order chi connectivity index (χ0) is 23.5. The number of nitrogens with zero attached hydrogens (tertiary/aromatic N) is 2. The van der Waals surface area contributed by atoms with Crippen molar-refractivity contribution in [1.29, 1.82) is 0 Å². The third kappa shape index (κ3) is 4.79. The number of fused-ring (bicyclic) bond motifs is 1. The van der Waals surface area contributed by atoms with Crippen molar-refractivity contribution in [3.05, 3.63) is 82.8 Å². The number of piperidine rings is 1. The maximum absolute atomic E-state index is 12.7. The van der Waals surface area contributed by atoms with Crippen molar-refractivity contribution in [2.45, 2.75) is 23.7 Å². The molecule has 0 unspecified atom stereocenters. The summed E-state index contributed by atoms with van der Waals surface area (Å²) in [7, 11) is 2.18. The molecule has 34 heavy (non-hydrogen) atoms. The fraction of sp³-hybridized carbons (Fsp3) is 0.231. The van der Waals surface area contributed by atoms with Crippen molar-refractivity contribution in [3.8, 4) is 0 Å². The summed E-state index contributed by atoms with van der Waals surface area (Å²) in [6.07, 6.45) is 4.01. The smallest absolute Gasteiger partial charge is 0.259 e. The number of benzene rings is 2. The second-order valence-corrected chi connectivity index (χ2v) is 9.37. The van der Waals surface area contributed by atoms with Gasteiger partial charge in [-0.1, -0.05) is 24.3 Å². The van der Waals surface area contributed by atoms with Crippen LogP contribution < -0.4 is 21.3 Å². The van der Waals surface area contributed by atoms with Gasteiger partial charge in [-0.15, -0.1) is 0 Å². The zero-order valence-corrected chi connectivity index (χ0v) is 19.9. The van der Waals surface area contributed by atoms with Gasteiger partial charge in [0, 0.05) is 16.8 Å². The van der Waals surface area contributed by atoms with Gasteiger partial charge in [0.2, 0.25) is 0 Å². The van der Waals surface area contributed by atoms with Crippen LogP contribution in [0.15, 0.2) is 76.6 Å². The van der Waals surface area contributed by atoms with Crippen molar-refractivity contribution in [2.24, 2.45) is 5.14 Å². The SMILES string of the molecule is CN1CCC(c2ccc(Nc3nc(Nc4ccccc4SN)cc4cc[nH]c(=O)c34)cc2)CC1. The molecule has 1 saturated heterocycles. The highest BCUT2D eigenvalue weighted by atomic mass is 32.2. The summed E-state index contributed by atoms with van der Waals surface area (Å²) in [5, 5.41) is 13.9. The van der Waals surface area contributed by atoms with E-state index < -0.39 is 0 Å². The lowest BCUT2D eigenvalue weighted by Crippen LogP contribution is -2.29. The first-order chi connectivity index (χ1) is 16.6. The van der Waals surface area contributed by atoms with Crippen LogP contribution in [0.2, 0.25) is 0 Å². The Balaban J connectivity index is 1.45. The van der Waals surface area contributed by atoms with Crippen molar-refractivity contribution in [1.82, 2.24) is 14.9 Å². The number of para-hydroxylation sites is 1. The van der Waals surface area contributed by atoms with Crippen LogP contribution in [0.1, 0.15) is 24.3 Å². The largest absolute Gasteiger partial charge is 0.339 e. The topological polar surface area (TPSA) is 99.1 Å². The minimum Gasteiger partial charge on any atom is -0.339 e. The first-order valence-electron chi connectivity index (χ1n) is 11.4. The minimum atomic E-state index is -0.181. The Morgan fingerprint density at radius 2 is 1.82 bits per heavy atom. The van der Waals surface area contributed by atoms with Crippen LogP contribution in [0.4, 0.5) is 23.0 Å². The van der Waals surface area contributed by atoms with Gasteiger partial charge in [0.05, 0.1) is 11.1 Å². The quantitative estimate of drug-likeness (QED) is 0.287. The molecule has 5 rings (SSSR count). The molecule has 0 amide bonds. The van der Waals surface area contributed by atoms with E-state index in [0.717, 1.165) is 34.7 Å². The normalized spacial score (nSPS) is 14.9. The summed E-state index contributed by atoms with van der Waals surface area (Å²) in [4.78, 5) is 23.5. The summed E-state index contributed by atoms with van der Waals surface area (Å²) >= 11 is 1.18. The molecule has 0 aliphatic carbocycles. The number of likely N-dealkylation sites (tertiary alicyclic amines) is 1. The lowest BCUT2D eigenvalue weighted by molar-refractivity contribution is 0.255. The van der Waals surface area contributed by atoms with Crippen molar-refractivity contribution in [2.75, 3.05) is 30.8 Å². The molecule has 2 aromatic carbocycles. The second-order valence-electron chi connectivity index (χ2n) is 8.69. The van der Waals surface area contributed by atoms with Gasteiger partial charge < -0.3 is 20.5 Å². The number of anilines is 4. The van der Waals surface area contributed by atoms with E-state index in [1.165, 1.54) is 30.4 Å². The molecule has 1 fully saturated rings. The first-order valence-corrected chi connectivity index (χ1v) is 12.3. The predicted molar refractivity (Wildman–Crippen MR) is 141 cm³/mol. The minimum absolute atomic E-state index is 0.181. The predicted octanol–water partition coefficient (Wildman–Crippen LogP) is 5.19. The third-order valence-corrected chi connectivity index (χ3v) is 7.00. The van der Waals surface area contributed by atoms with E-state index in [1.807, 2.05) is 36.4 Å². The molecule has 5 N–H and O–H groups in total. The van der Waals surface area contributed by atoms with E-state index in [-0.39, 0.29) is 5.56 Å². The van der Waals surface area contributed by atoms with Gasteiger partial charge in [-0.05, 0) is 98.2 Å². The van der Waals surface area contributed by atoms with Gasteiger partial charge >= 0.3 is 0 Å². The molecule has 4 aromatic rings. The van der Waals surface area contributed by atoms with Gasteiger partial charge in [0.15, 0.2) is 0 Å².